The number of hydrogen-bond acceptors (Lipinski definition) is 3. The molecule has 3 rings (SSSR count). The molecule has 1 aromatic rings. The number of likely N-dealkylation sites (tertiary alicyclic amines) is 1. The fraction of sp³-hybridized carbons (Fsp3) is 0.611. The Hall–Kier alpha value is -1.75. The van der Waals surface area contributed by atoms with Crippen LogP contribution in [0.2, 0.25) is 0 Å². The second kappa shape index (κ2) is 7.21. The summed E-state index contributed by atoms with van der Waals surface area (Å²) >= 11 is 0. The monoisotopic (exact) mass is 317 g/mol. The van der Waals surface area contributed by atoms with E-state index in [1.165, 1.54) is 24.1 Å². The average Bonchev–Trinajstić information content (AvgIpc) is 3.19. The number of nitrogens with one attached hydrogen (secondary N) is 1. The van der Waals surface area contributed by atoms with Gasteiger partial charge in [0.15, 0.2) is 0 Å². The van der Waals surface area contributed by atoms with Gasteiger partial charge in [0.2, 0.25) is 0 Å². The average molecular weight is 317 g/mol. The molecule has 0 aliphatic carbocycles. The molecule has 126 valence electrons. The maximum Gasteiger partial charge on any atom is 0.321 e. The van der Waals surface area contributed by atoms with Gasteiger partial charge in [0.1, 0.15) is 0 Å². The largest absolute Gasteiger partial charge is 0.384 e. The van der Waals surface area contributed by atoms with Gasteiger partial charge >= 0.3 is 6.03 Å². The number of amides is 2. The van der Waals surface area contributed by atoms with Crippen molar-refractivity contribution in [2.45, 2.75) is 26.2 Å². The molecule has 2 amide bonds. The van der Waals surface area contributed by atoms with Gasteiger partial charge in [-0.1, -0.05) is 0 Å². The fourth-order valence-electron chi connectivity index (χ4n) is 3.64. The molecule has 1 N–H and O–H groups in total. The number of carbonyl (C=O) groups excluding carboxylic acids is 1. The highest BCUT2D eigenvalue weighted by molar-refractivity contribution is 5.90. The molecular formula is C18H27N3O2. The summed E-state index contributed by atoms with van der Waals surface area (Å²) in [6.45, 7) is 6.72. The third-order valence-electron chi connectivity index (χ3n) is 4.87. The first kappa shape index (κ1) is 16.1. The third kappa shape index (κ3) is 3.78. The van der Waals surface area contributed by atoms with Crippen LogP contribution in [0.15, 0.2) is 18.2 Å². The van der Waals surface area contributed by atoms with Crippen LogP contribution in [0.4, 0.5) is 16.2 Å². The van der Waals surface area contributed by atoms with Crippen LogP contribution < -0.4 is 10.2 Å². The van der Waals surface area contributed by atoms with Gasteiger partial charge in [0.05, 0.1) is 6.61 Å². The first-order chi connectivity index (χ1) is 11.2. The van der Waals surface area contributed by atoms with Gasteiger partial charge in [0.25, 0.3) is 0 Å². The van der Waals surface area contributed by atoms with Gasteiger partial charge in [-0.15, -0.1) is 0 Å². The van der Waals surface area contributed by atoms with E-state index in [1.54, 1.807) is 7.11 Å². The Morgan fingerprint density at radius 1 is 1.30 bits per heavy atom. The first-order valence-electron chi connectivity index (χ1n) is 8.58. The number of carbonyl (C=O) groups is 1. The number of hydrogen-bond donors (Lipinski definition) is 1. The molecule has 2 saturated heterocycles. The molecule has 0 bridgehead atoms. The van der Waals surface area contributed by atoms with Gasteiger partial charge in [-0.05, 0) is 49.9 Å². The molecule has 2 heterocycles. The van der Waals surface area contributed by atoms with Crippen molar-refractivity contribution in [3.8, 4) is 0 Å². The molecule has 2 aliphatic rings. The van der Waals surface area contributed by atoms with E-state index in [0.717, 1.165) is 44.9 Å². The molecule has 0 radical (unpaired) electrons. The minimum absolute atomic E-state index is 0.00285. The summed E-state index contributed by atoms with van der Waals surface area (Å²) in [5, 5.41) is 3.03. The SMILES string of the molecule is COC[C@H]1CCN(C(=O)Nc2ccc(N3CCCC3)c(C)c2)C1. The molecule has 2 aliphatic heterocycles. The predicted molar refractivity (Wildman–Crippen MR) is 93.2 cm³/mol. The van der Waals surface area contributed by atoms with Gasteiger partial charge in [0, 0.05) is 50.6 Å². The number of ether oxygens (including phenoxy) is 1. The van der Waals surface area contributed by atoms with Crippen LogP contribution in [0.5, 0.6) is 0 Å². The van der Waals surface area contributed by atoms with Crippen molar-refractivity contribution in [1.82, 2.24) is 4.90 Å². The standard InChI is InChI=1S/C18H27N3O2/c1-14-11-16(5-6-17(14)20-8-3-4-9-20)19-18(22)21-10-7-15(12-21)13-23-2/h5-6,11,15H,3-4,7-10,12-13H2,1-2H3,(H,19,22)/t15-/m0/s1. The Morgan fingerprint density at radius 2 is 2.09 bits per heavy atom. The summed E-state index contributed by atoms with van der Waals surface area (Å²) in [5.74, 6) is 0.463. The zero-order valence-corrected chi connectivity index (χ0v) is 14.2. The van der Waals surface area contributed by atoms with Crippen LogP contribution in [0, 0.1) is 12.8 Å². The van der Waals surface area contributed by atoms with Crippen molar-refractivity contribution < 1.29 is 9.53 Å². The highest BCUT2D eigenvalue weighted by Gasteiger charge is 2.26. The third-order valence-corrected chi connectivity index (χ3v) is 4.87. The summed E-state index contributed by atoms with van der Waals surface area (Å²) in [6.07, 6.45) is 3.57. The number of aryl methyl sites for hydroxylation is 1. The lowest BCUT2D eigenvalue weighted by Crippen LogP contribution is -2.33. The molecule has 0 aromatic heterocycles. The number of rotatable bonds is 4. The van der Waals surface area contributed by atoms with Crippen LogP contribution in [0.3, 0.4) is 0 Å². The van der Waals surface area contributed by atoms with Gasteiger partial charge in [-0.3, -0.25) is 0 Å². The highest BCUT2D eigenvalue weighted by Crippen LogP contribution is 2.27. The normalized spacial score (nSPS) is 21.0. The van der Waals surface area contributed by atoms with E-state index < -0.39 is 0 Å². The molecule has 5 nitrogen and oxygen atoms in total. The lowest BCUT2D eigenvalue weighted by atomic mass is 10.1. The van der Waals surface area contributed by atoms with Gasteiger partial charge < -0.3 is 19.9 Å². The topological polar surface area (TPSA) is 44.8 Å². The number of urea groups is 1. The maximum atomic E-state index is 12.4. The summed E-state index contributed by atoms with van der Waals surface area (Å²) < 4.78 is 5.19. The maximum absolute atomic E-state index is 12.4. The molecule has 5 heteroatoms. The summed E-state index contributed by atoms with van der Waals surface area (Å²) in [6, 6.07) is 6.22. The predicted octanol–water partition coefficient (Wildman–Crippen LogP) is 3.10. The Labute approximate surface area is 138 Å². The zero-order chi connectivity index (χ0) is 16.2. The van der Waals surface area contributed by atoms with Crippen molar-refractivity contribution in [1.29, 1.82) is 0 Å². The van der Waals surface area contributed by atoms with Crippen LogP contribution in [0.25, 0.3) is 0 Å². The van der Waals surface area contributed by atoms with Crippen LogP contribution in [-0.4, -0.2) is 50.8 Å². The van der Waals surface area contributed by atoms with E-state index in [2.05, 4.69) is 29.3 Å². The van der Waals surface area contributed by atoms with E-state index in [1.807, 2.05) is 11.0 Å². The summed E-state index contributed by atoms with van der Waals surface area (Å²) in [5.41, 5.74) is 3.40. The van der Waals surface area contributed by atoms with Crippen LogP contribution in [-0.2, 0) is 4.74 Å². The van der Waals surface area contributed by atoms with Gasteiger partial charge in [-0.25, -0.2) is 4.79 Å². The lowest BCUT2D eigenvalue weighted by molar-refractivity contribution is 0.154. The number of benzene rings is 1. The summed E-state index contributed by atoms with van der Waals surface area (Å²) in [7, 11) is 1.72. The highest BCUT2D eigenvalue weighted by atomic mass is 16.5. The molecule has 1 aromatic carbocycles. The fourth-order valence-corrected chi connectivity index (χ4v) is 3.64. The van der Waals surface area contributed by atoms with E-state index in [0.29, 0.717) is 5.92 Å². The minimum Gasteiger partial charge on any atom is -0.384 e. The Kier molecular flexibility index (Phi) is 5.06. The molecule has 0 unspecified atom stereocenters. The van der Waals surface area contributed by atoms with Gasteiger partial charge in [-0.2, -0.15) is 0 Å². The zero-order valence-electron chi connectivity index (χ0n) is 14.2. The Bertz CT molecular complexity index is 555. The summed E-state index contributed by atoms with van der Waals surface area (Å²) in [4.78, 5) is 16.7. The van der Waals surface area contributed by atoms with Crippen LogP contribution in [0.1, 0.15) is 24.8 Å². The van der Waals surface area contributed by atoms with E-state index >= 15 is 0 Å². The van der Waals surface area contributed by atoms with E-state index in [9.17, 15) is 4.79 Å². The van der Waals surface area contributed by atoms with Crippen molar-refractivity contribution in [3.05, 3.63) is 23.8 Å². The van der Waals surface area contributed by atoms with E-state index in [-0.39, 0.29) is 6.03 Å². The molecule has 23 heavy (non-hydrogen) atoms. The number of methoxy groups -OCH3 is 1. The van der Waals surface area contributed by atoms with Crippen molar-refractivity contribution in [2.75, 3.05) is 50.1 Å². The first-order valence-corrected chi connectivity index (χ1v) is 8.58. The molecular weight excluding hydrogens is 290 g/mol. The molecule has 0 saturated carbocycles. The smallest absolute Gasteiger partial charge is 0.321 e. The Morgan fingerprint density at radius 3 is 2.78 bits per heavy atom. The molecule has 1 atom stereocenters. The lowest BCUT2D eigenvalue weighted by Gasteiger charge is -2.22. The van der Waals surface area contributed by atoms with Crippen molar-refractivity contribution in [3.63, 3.8) is 0 Å². The second-order valence-electron chi connectivity index (χ2n) is 6.68. The number of anilines is 2. The Balaban J connectivity index is 1.59. The van der Waals surface area contributed by atoms with Crippen molar-refractivity contribution >= 4 is 17.4 Å². The van der Waals surface area contributed by atoms with Crippen LogP contribution >= 0.6 is 0 Å². The molecule has 2 fully saturated rings. The quantitative estimate of drug-likeness (QED) is 0.928. The number of nitrogens with zero attached hydrogens (tertiary/aromatic N) is 2. The minimum atomic E-state index is -0.00285. The molecule has 0 spiro atoms. The second-order valence-corrected chi connectivity index (χ2v) is 6.68. The van der Waals surface area contributed by atoms with Crippen molar-refractivity contribution in [2.24, 2.45) is 5.92 Å². The van der Waals surface area contributed by atoms with E-state index in [4.69, 9.17) is 4.74 Å².